The van der Waals surface area contributed by atoms with E-state index in [0.29, 0.717) is 12.0 Å². The summed E-state index contributed by atoms with van der Waals surface area (Å²) < 4.78 is 0. The molecule has 1 aliphatic heterocycles. The van der Waals surface area contributed by atoms with Gasteiger partial charge in [-0.3, -0.25) is 4.90 Å². The van der Waals surface area contributed by atoms with Gasteiger partial charge in [-0.05, 0) is 50.3 Å². The topological polar surface area (TPSA) is 39.1 Å². The smallest absolute Gasteiger partial charge is 0.0994 e. The highest BCUT2D eigenvalue weighted by atomic mass is 15.3. The molecule has 20 heavy (non-hydrogen) atoms. The van der Waals surface area contributed by atoms with E-state index in [0.717, 1.165) is 11.6 Å². The van der Waals surface area contributed by atoms with Crippen LogP contribution in [0.15, 0.2) is 24.3 Å². The van der Waals surface area contributed by atoms with Gasteiger partial charge in [-0.2, -0.15) is 5.26 Å². The summed E-state index contributed by atoms with van der Waals surface area (Å²) in [6, 6.07) is 11.9. The average Bonchev–Trinajstić information content (AvgIpc) is 2.47. The molecule has 0 spiro atoms. The molecule has 1 saturated carbocycles. The molecule has 3 nitrogen and oxygen atoms in total. The molecular weight excluding hydrogens is 246 g/mol. The first-order chi connectivity index (χ1) is 9.81. The maximum atomic E-state index is 9.23. The number of likely N-dealkylation sites (N-methyl/N-ethyl adjacent to an activating group) is 1. The van der Waals surface area contributed by atoms with Gasteiger partial charge in [0.25, 0.3) is 0 Å². The van der Waals surface area contributed by atoms with Crippen LogP contribution in [0, 0.1) is 11.3 Å². The Morgan fingerprint density at radius 2 is 1.85 bits per heavy atom. The zero-order valence-corrected chi connectivity index (χ0v) is 12.2. The Labute approximate surface area is 121 Å². The summed E-state index contributed by atoms with van der Waals surface area (Å²) in [4.78, 5) is 2.62. The molecule has 1 aliphatic carbocycles. The third-order valence-corrected chi connectivity index (χ3v) is 5.05. The van der Waals surface area contributed by atoms with Crippen LogP contribution in [-0.2, 0) is 0 Å². The average molecular weight is 269 g/mol. The second-order valence-corrected chi connectivity index (χ2v) is 6.14. The fraction of sp³-hybridized carbons (Fsp3) is 0.588. The first-order valence-corrected chi connectivity index (χ1v) is 7.72. The number of likely N-dealkylation sites (tertiary alicyclic amines) is 1. The molecule has 0 aromatic heterocycles. The van der Waals surface area contributed by atoms with E-state index >= 15 is 0 Å². The van der Waals surface area contributed by atoms with Gasteiger partial charge in [0.05, 0.1) is 11.6 Å². The standard InChI is InChI=1S/C17H23N3/c1-19-15-11-20(12-15)16-8-6-13(7-9-16)17-5-3-2-4-14(17)10-18/h2-5,13,15-16,19H,6-9,11-12H2,1H3. The molecule has 1 heterocycles. The van der Waals surface area contributed by atoms with Crippen molar-refractivity contribution in [1.82, 2.24) is 10.2 Å². The molecule has 0 amide bonds. The lowest BCUT2D eigenvalue weighted by Gasteiger charge is -2.46. The van der Waals surface area contributed by atoms with Crippen molar-refractivity contribution in [2.75, 3.05) is 20.1 Å². The number of hydrogen-bond acceptors (Lipinski definition) is 3. The summed E-state index contributed by atoms with van der Waals surface area (Å²) in [6.45, 7) is 2.42. The Balaban J connectivity index is 1.58. The number of nitrogens with zero attached hydrogens (tertiary/aromatic N) is 2. The molecule has 0 radical (unpaired) electrons. The molecule has 1 saturated heterocycles. The monoisotopic (exact) mass is 269 g/mol. The zero-order chi connectivity index (χ0) is 13.9. The second-order valence-electron chi connectivity index (χ2n) is 6.14. The molecule has 106 valence electrons. The van der Waals surface area contributed by atoms with E-state index in [4.69, 9.17) is 0 Å². The van der Waals surface area contributed by atoms with E-state index in [-0.39, 0.29) is 0 Å². The van der Waals surface area contributed by atoms with Gasteiger partial charge in [-0.15, -0.1) is 0 Å². The van der Waals surface area contributed by atoms with Gasteiger partial charge in [0, 0.05) is 25.2 Å². The largest absolute Gasteiger partial charge is 0.315 e. The van der Waals surface area contributed by atoms with Crippen LogP contribution in [0.3, 0.4) is 0 Å². The van der Waals surface area contributed by atoms with Gasteiger partial charge < -0.3 is 5.32 Å². The second kappa shape index (κ2) is 5.95. The summed E-state index contributed by atoms with van der Waals surface area (Å²) >= 11 is 0. The number of nitriles is 1. The molecule has 2 fully saturated rings. The van der Waals surface area contributed by atoms with Crippen molar-refractivity contribution in [2.24, 2.45) is 0 Å². The third-order valence-electron chi connectivity index (χ3n) is 5.05. The first kappa shape index (κ1) is 13.6. The van der Waals surface area contributed by atoms with Crippen molar-refractivity contribution in [3.05, 3.63) is 35.4 Å². The normalized spacial score (nSPS) is 27.8. The summed E-state index contributed by atoms with van der Waals surface area (Å²) in [5.41, 5.74) is 2.14. The molecule has 1 aromatic carbocycles. The molecule has 2 aliphatic rings. The van der Waals surface area contributed by atoms with Gasteiger partial charge in [-0.1, -0.05) is 18.2 Å². The number of rotatable bonds is 3. The fourth-order valence-electron chi connectivity index (χ4n) is 3.70. The van der Waals surface area contributed by atoms with Crippen LogP contribution < -0.4 is 5.32 Å². The Hall–Kier alpha value is -1.37. The minimum atomic E-state index is 0.587. The van der Waals surface area contributed by atoms with Crippen LogP contribution in [0.4, 0.5) is 0 Å². The highest BCUT2D eigenvalue weighted by molar-refractivity contribution is 5.39. The van der Waals surface area contributed by atoms with Crippen LogP contribution in [0.25, 0.3) is 0 Å². The van der Waals surface area contributed by atoms with Crippen molar-refractivity contribution in [1.29, 1.82) is 5.26 Å². The van der Waals surface area contributed by atoms with Crippen LogP contribution in [0.1, 0.15) is 42.7 Å². The number of benzene rings is 1. The highest BCUT2D eigenvalue weighted by Gasteiger charge is 2.34. The van der Waals surface area contributed by atoms with Crippen LogP contribution >= 0.6 is 0 Å². The lowest BCUT2D eigenvalue weighted by molar-refractivity contribution is 0.0562. The molecular formula is C17H23N3. The number of nitrogens with one attached hydrogen (secondary N) is 1. The first-order valence-electron chi connectivity index (χ1n) is 7.72. The van der Waals surface area contributed by atoms with Crippen molar-refractivity contribution >= 4 is 0 Å². The molecule has 3 rings (SSSR count). The summed E-state index contributed by atoms with van der Waals surface area (Å²) in [5, 5.41) is 12.6. The molecule has 1 N–H and O–H groups in total. The quantitative estimate of drug-likeness (QED) is 0.916. The maximum absolute atomic E-state index is 9.23. The summed E-state index contributed by atoms with van der Waals surface area (Å²) in [7, 11) is 2.05. The van der Waals surface area contributed by atoms with E-state index in [1.807, 2.05) is 12.1 Å². The lowest BCUT2D eigenvalue weighted by atomic mass is 9.79. The molecule has 3 heteroatoms. The summed E-state index contributed by atoms with van der Waals surface area (Å²) in [6.07, 6.45) is 5.01. The Morgan fingerprint density at radius 1 is 1.15 bits per heavy atom. The minimum Gasteiger partial charge on any atom is -0.315 e. The molecule has 0 bridgehead atoms. The predicted octanol–water partition coefficient (Wildman–Crippen LogP) is 2.49. The van der Waals surface area contributed by atoms with Crippen LogP contribution in [-0.4, -0.2) is 37.1 Å². The molecule has 1 aromatic rings. The summed E-state index contributed by atoms with van der Waals surface area (Å²) in [5.74, 6) is 0.587. The maximum Gasteiger partial charge on any atom is 0.0994 e. The molecule has 0 atom stereocenters. The van der Waals surface area contributed by atoms with E-state index < -0.39 is 0 Å². The van der Waals surface area contributed by atoms with Crippen molar-refractivity contribution in [3.63, 3.8) is 0 Å². The highest BCUT2D eigenvalue weighted by Crippen LogP contribution is 2.37. The van der Waals surface area contributed by atoms with E-state index in [1.54, 1.807) is 0 Å². The Bertz CT molecular complexity index is 491. The van der Waals surface area contributed by atoms with Crippen LogP contribution in [0.5, 0.6) is 0 Å². The molecule has 0 unspecified atom stereocenters. The Kier molecular flexibility index (Phi) is 4.05. The predicted molar refractivity (Wildman–Crippen MR) is 80.6 cm³/mol. The lowest BCUT2D eigenvalue weighted by Crippen LogP contribution is -2.60. The van der Waals surface area contributed by atoms with Gasteiger partial charge in [0.2, 0.25) is 0 Å². The van der Waals surface area contributed by atoms with Crippen molar-refractivity contribution in [2.45, 2.75) is 43.7 Å². The fourth-order valence-corrected chi connectivity index (χ4v) is 3.70. The van der Waals surface area contributed by atoms with Crippen molar-refractivity contribution in [3.8, 4) is 6.07 Å². The van der Waals surface area contributed by atoms with Gasteiger partial charge in [0.15, 0.2) is 0 Å². The van der Waals surface area contributed by atoms with Gasteiger partial charge >= 0.3 is 0 Å². The zero-order valence-electron chi connectivity index (χ0n) is 12.2. The van der Waals surface area contributed by atoms with Crippen molar-refractivity contribution < 1.29 is 0 Å². The minimum absolute atomic E-state index is 0.587. The van der Waals surface area contributed by atoms with E-state index in [9.17, 15) is 5.26 Å². The van der Waals surface area contributed by atoms with Gasteiger partial charge in [-0.25, -0.2) is 0 Å². The third kappa shape index (κ3) is 2.59. The van der Waals surface area contributed by atoms with Gasteiger partial charge in [0.1, 0.15) is 0 Å². The van der Waals surface area contributed by atoms with E-state index in [1.165, 1.54) is 44.3 Å². The van der Waals surface area contributed by atoms with Crippen LogP contribution in [0.2, 0.25) is 0 Å². The Morgan fingerprint density at radius 3 is 2.50 bits per heavy atom. The van der Waals surface area contributed by atoms with E-state index in [2.05, 4.69) is 35.5 Å². The SMILES string of the molecule is CNC1CN(C2CCC(c3ccccc3C#N)CC2)C1. The number of hydrogen-bond donors (Lipinski definition) is 1.